The number of halogens is 3. The van der Waals surface area contributed by atoms with Gasteiger partial charge in [0.1, 0.15) is 11.5 Å². The fourth-order valence-corrected chi connectivity index (χ4v) is 4.51. The van der Waals surface area contributed by atoms with Crippen LogP contribution in [0.4, 0.5) is 18.9 Å². The highest BCUT2D eigenvalue weighted by atomic mass is 32.2. The highest BCUT2D eigenvalue weighted by Gasteiger charge is 2.34. The number of benzene rings is 2. The Balaban J connectivity index is 1.67. The van der Waals surface area contributed by atoms with Crippen molar-refractivity contribution < 1.29 is 31.1 Å². The monoisotopic (exact) mass is 399 g/mol. The first-order chi connectivity index (χ1) is 12.6. The van der Waals surface area contributed by atoms with Crippen LogP contribution in [-0.2, 0) is 20.8 Å². The number of anilines is 1. The number of alkyl halides is 3. The summed E-state index contributed by atoms with van der Waals surface area (Å²) in [6, 6.07) is 10.7. The lowest BCUT2D eigenvalue weighted by Crippen LogP contribution is -2.23. The maximum atomic E-state index is 13.0. The van der Waals surface area contributed by atoms with E-state index < -0.39 is 33.4 Å². The lowest BCUT2D eigenvalue weighted by molar-refractivity contribution is -0.138. The SMILES string of the molecule is O=C(Nc1ccc(Oc2ccccc2C(F)(F)F)cc1)[C@@H]1CCS(=O)(=O)C1. The molecule has 0 unspecified atom stereocenters. The zero-order valence-corrected chi connectivity index (χ0v) is 14.8. The van der Waals surface area contributed by atoms with Gasteiger partial charge in [-0.25, -0.2) is 8.42 Å². The quantitative estimate of drug-likeness (QED) is 0.847. The zero-order chi connectivity index (χ0) is 19.7. The maximum Gasteiger partial charge on any atom is 0.419 e. The van der Waals surface area contributed by atoms with Crippen LogP contribution in [0.5, 0.6) is 11.5 Å². The Morgan fingerprint density at radius 2 is 1.74 bits per heavy atom. The van der Waals surface area contributed by atoms with Crippen molar-refractivity contribution in [2.75, 3.05) is 16.8 Å². The van der Waals surface area contributed by atoms with Crippen molar-refractivity contribution in [3.63, 3.8) is 0 Å². The van der Waals surface area contributed by atoms with Crippen LogP contribution in [0.2, 0.25) is 0 Å². The number of nitrogens with one attached hydrogen (secondary N) is 1. The Bertz CT molecular complexity index is 940. The molecule has 5 nitrogen and oxygen atoms in total. The number of amides is 1. The molecule has 1 saturated heterocycles. The van der Waals surface area contributed by atoms with E-state index in [4.69, 9.17) is 4.74 Å². The van der Waals surface area contributed by atoms with Crippen molar-refractivity contribution in [3.05, 3.63) is 54.1 Å². The molecular formula is C18H16F3NO4S. The molecule has 0 radical (unpaired) electrons. The molecule has 0 spiro atoms. The normalized spacial score (nSPS) is 18.9. The Labute approximate surface area is 154 Å². The number of carbonyl (C=O) groups is 1. The second-order valence-electron chi connectivity index (χ2n) is 6.21. The predicted molar refractivity (Wildman–Crippen MR) is 93.4 cm³/mol. The van der Waals surface area contributed by atoms with E-state index in [1.54, 1.807) is 0 Å². The lowest BCUT2D eigenvalue weighted by Gasteiger charge is -2.14. The van der Waals surface area contributed by atoms with E-state index >= 15 is 0 Å². The number of rotatable bonds is 4. The number of sulfone groups is 1. The van der Waals surface area contributed by atoms with E-state index in [1.807, 2.05) is 0 Å². The fraction of sp³-hybridized carbons (Fsp3) is 0.278. The van der Waals surface area contributed by atoms with Gasteiger partial charge in [-0.2, -0.15) is 13.2 Å². The van der Waals surface area contributed by atoms with Gasteiger partial charge in [-0.1, -0.05) is 12.1 Å². The third-order valence-corrected chi connectivity index (χ3v) is 5.91. The molecule has 2 aromatic rings. The molecule has 27 heavy (non-hydrogen) atoms. The molecule has 0 bridgehead atoms. The van der Waals surface area contributed by atoms with Gasteiger partial charge < -0.3 is 10.1 Å². The minimum atomic E-state index is -4.54. The molecule has 1 heterocycles. The van der Waals surface area contributed by atoms with E-state index in [-0.39, 0.29) is 29.4 Å². The third kappa shape index (κ3) is 4.79. The zero-order valence-electron chi connectivity index (χ0n) is 14.0. The number of ether oxygens (including phenoxy) is 1. The molecule has 1 N–H and O–H groups in total. The topological polar surface area (TPSA) is 72.5 Å². The van der Waals surface area contributed by atoms with E-state index in [2.05, 4.69) is 5.32 Å². The summed E-state index contributed by atoms with van der Waals surface area (Å²) in [4.78, 5) is 12.1. The van der Waals surface area contributed by atoms with Crippen molar-refractivity contribution in [1.29, 1.82) is 0 Å². The highest BCUT2D eigenvalue weighted by molar-refractivity contribution is 7.91. The van der Waals surface area contributed by atoms with Crippen molar-refractivity contribution in [2.45, 2.75) is 12.6 Å². The molecule has 0 saturated carbocycles. The van der Waals surface area contributed by atoms with Crippen molar-refractivity contribution in [1.82, 2.24) is 0 Å². The Morgan fingerprint density at radius 3 is 2.33 bits per heavy atom. The van der Waals surface area contributed by atoms with E-state index in [0.29, 0.717) is 5.69 Å². The Kier molecular flexibility index (Phi) is 5.14. The van der Waals surface area contributed by atoms with Crippen LogP contribution in [0.15, 0.2) is 48.5 Å². The van der Waals surface area contributed by atoms with Crippen LogP contribution < -0.4 is 10.1 Å². The van der Waals surface area contributed by atoms with Crippen molar-refractivity contribution in [2.24, 2.45) is 5.92 Å². The molecule has 1 fully saturated rings. The minimum Gasteiger partial charge on any atom is -0.457 e. The molecule has 144 valence electrons. The molecule has 0 aliphatic carbocycles. The molecule has 1 aliphatic heterocycles. The van der Waals surface area contributed by atoms with E-state index in [0.717, 1.165) is 6.07 Å². The number of hydrogen-bond acceptors (Lipinski definition) is 4. The number of para-hydroxylation sites is 1. The average Bonchev–Trinajstić information content (AvgIpc) is 2.96. The third-order valence-electron chi connectivity index (χ3n) is 4.15. The molecular weight excluding hydrogens is 383 g/mol. The standard InChI is InChI=1S/C18H16F3NO4S/c19-18(20,21)15-3-1-2-4-16(15)26-14-7-5-13(6-8-14)22-17(23)12-9-10-27(24,25)11-12/h1-8,12H,9-11H2,(H,22,23)/t12-/m1/s1. The first-order valence-corrected chi connectivity index (χ1v) is 9.92. The van der Waals surface area contributed by atoms with Gasteiger partial charge in [0.25, 0.3) is 0 Å². The van der Waals surface area contributed by atoms with Crippen molar-refractivity contribution in [3.8, 4) is 11.5 Å². The summed E-state index contributed by atoms with van der Waals surface area (Å²) in [6.45, 7) is 0. The van der Waals surface area contributed by atoms with E-state index in [9.17, 15) is 26.4 Å². The van der Waals surface area contributed by atoms with Crippen LogP contribution >= 0.6 is 0 Å². The molecule has 9 heteroatoms. The summed E-state index contributed by atoms with van der Waals surface area (Å²) in [5.41, 5.74) is -0.481. The summed E-state index contributed by atoms with van der Waals surface area (Å²) < 4.78 is 67.2. The highest BCUT2D eigenvalue weighted by Crippen LogP contribution is 2.38. The van der Waals surface area contributed by atoms with Gasteiger partial charge in [-0.15, -0.1) is 0 Å². The second kappa shape index (κ2) is 7.22. The maximum absolute atomic E-state index is 13.0. The van der Waals surface area contributed by atoms with Gasteiger partial charge in [-0.3, -0.25) is 4.79 Å². The van der Waals surface area contributed by atoms with Crippen LogP contribution in [0.25, 0.3) is 0 Å². The molecule has 1 atom stereocenters. The van der Waals surface area contributed by atoms with Crippen LogP contribution in [0.3, 0.4) is 0 Å². The summed E-state index contributed by atoms with van der Waals surface area (Å²) >= 11 is 0. The number of hydrogen-bond donors (Lipinski definition) is 1. The van der Waals surface area contributed by atoms with Gasteiger partial charge >= 0.3 is 6.18 Å². The van der Waals surface area contributed by atoms with Crippen LogP contribution in [0, 0.1) is 5.92 Å². The fourth-order valence-electron chi connectivity index (χ4n) is 2.77. The Hall–Kier alpha value is -2.55. The molecule has 1 aliphatic rings. The first kappa shape index (κ1) is 19.2. The minimum absolute atomic E-state index is 0.00349. The lowest BCUT2D eigenvalue weighted by atomic mass is 10.1. The molecule has 1 amide bonds. The number of carbonyl (C=O) groups excluding carboxylic acids is 1. The molecule has 0 aromatic heterocycles. The largest absolute Gasteiger partial charge is 0.457 e. The summed E-state index contributed by atoms with van der Waals surface area (Å²) in [5.74, 6) is -1.31. The molecule has 3 rings (SSSR count). The van der Waals surface area contributed by atoms with Gasteiger partial charge in [0.2, 0.25) is 5.91 Å². The first-order valence-electron chi connectivity index (χ1n) is 8.09. The average molecular weight is 399 g/mol. The summed E-state index contributed by atoms with van der Waals surface area (Å²) in [7, 11) is -3.16. The van der Waals surface area contributed by atoms with Gasteiger partial charge in [0, 0.05) is 5.69 Å². The van der Waals surface area contributed by atoms with Gasteiger partial charge in [0.15, 0.2) is 9.84 Å². The molecule has 2 aromatic carbocycles. The van der Waals surface area contributed by atoms with Crippen LogP contribution in [0.1, 0.15) is 12.0 Å². The smallest absolute Gasteiger partial charge is 0.419 e. The van der Waals surface area contributed by atoms with Crippen LogP contribution in [-0.4, -0.2) is 25.8 Å². The van der Waals surface area contributed by atoms with Crippen molar-refractivity contribution >= 4 is 21.4 Å². The van der Waals surface area contributed by atoms with Gasteiger partial charge in [-0.05, 0) is 42.8 Å². The Morgan fingerprint density at radius 1 is 1.07 bits per heavy atom. The second-order valence-corrected chi connectivity index (χ2v) is 8.44. The summed E-state index contributed by atoms with van der Waals surface area (Å²) in [6.07, 6.45) is -4.25. The summed E-state index contributed by atoms with van der Waals surface area (Å²) in [5, 5.41) is 2.61. The van der Waals surface area contributed by atoms with Gasteiger partial charge in [0.05, 0.1) is 23.0 Å². The predicted octanol–water partition coefficient (Wildman–Crippen LogP) is 3.87. The van der Waals surface area contributed by atoms with E-state index in [1.165, 1.54) is 42.5 Å².